The van der Waals surface area contributed by atoms with Crippen molar-refractivity contribution >= 4 is 22.4 Å². The Hall–Kier alpha value is -1.99. The summed E-state index contributed by atoms with van der Waals surface area (Å²) in [6.07, 6.45) is 0.678. The van der Waals surface area contributed by atoms with Crippen molar-refractivity contribution in [2.45, 2.75) is 6.42 Å². The number of phenols is 1. The third kappa shape index (κ3) is 2.29. The van der Waals surface area contributed by atoms with Crippen LogP contribution in [0, 0.1) is 0 Å². The number of hydrogen-bond acceptors (Lipinski definition) is 1. The van der Waals surface area contributed by atoms with Crippen molar-refractivity contribution < 1.29 is 5.11 Å². The van der Waals surface area contributed by atoms with Gasteiger partial charge in [0.2, 0.25) is 0 Å². The summed E-state index contributed by atoms with van der Waals surface area (Å²) in [6.45, 7) is 0. The summed E-state index contributed by atoms with van der Waals surface area (Å²) in [5.41, 5.74) is 2.01. The number of aromatic hydroxyl groups is 1. The molecule has 3 aromatic rings. The molecule has 0 radical (unpaired) electrons. The maximum Gasteiger partial charge on any atom is 0.127 e. The van der Waals surface area contributed by atoms with Gasteiger partial charge in [0.1, 0.15) is 5.75 Å². The smallest absolute Gasteiger partial charge is 0.127 e. The molecular weight excluding hydrogens is 256 g/mol. The molecule has 0 heterocycles. The number of benzene rings is 3. The summed E-state index contributed by atoms with van der Waals surface area (Å²) >= 11 is 6.29. The molecule has 1 nitrogen and oxygen atoms in total. The van der Waals surface area contributed by atoms with Gasteiger partial charge in [0.15, 0.2) is 0 Å². The molecule has 0 aliphatic carbocycles. The fourth-order valence-corrected chi connectivity index (χ4v) is 2.62. The van der Waals surface area contributed by atoms with Gasteiger partial charge in [0, 0.05) is 27.8 Å². The van der Waals surface area contributed by atoms with Gasteiger partial charge in [-0.3, -0.25) is 0 Å². The van der Waals surface area contributed by atoms with Crippen molar-refractivity contribution in [3.05, 3.63) is 76.8 Å². The number of hydrogen-bond donors (Lipinski definition) is 1. The Morgan fingerprint density at radius 2 is 1.47 bits per heavy atom. The van der Waals surface area contributed by atoms with Crippen LogP contribution in [-0.2, 0) is 6.42 Å². The van der Waals surface area contributed by atoms with E-state index in [1.807, 2.05) is 60.7 Å². The summed E-state index contributed by atoms with van der Waals surface area (Å²) in [4.78, 5) is 0. The van der Waals surface area contributed by atoms with Crippen molar-refractivity contribution in [3.8, 4) is 5.75 Å². The normalized spacial score (nSPS) is 10.8. The largest absolute Gasteiger partial charge is 0.507 e. The molecule has 19 heavy (non-hydrogen) atoms. The van der Waals surface area contributed by atoms with E-state index in [4.69, 9.17) is 11.6 Å². The number of halogens is 1. The molecular formula is C17H13ClO. The van der Waals surface area contributed by atoms with Crippen molar-refractivity contribution in [2.24, 2.45) is 0 Å². The minimum Gasteiger partial charge on any atom is -0.507 e. The first-order chi connectivity index (χ1) is 9.25. The molecule has 1 N–H and O–H groups in total. The highest BCUT2D eigenvalue weighted by atomic mass is 35.5. The van der Waals surface area contributed by atoms with Crippen LogP contribution < -0.4 is 0 Å². The van der Waals surface area contributed by atoms with Crippen LogP contribution in [0.5, 0.6) is 5.75 Å². The molecule has 0 unspecified atom stereocenters. The maximum atomic E-state index is 10.4. The second-order valence-electron chi connectivity index (χ2n) is 4.57. The van der Waals surface area contributed by atoms with Gasteiger partial charge in [-0.05, 0) is 11.6 Å². The lowest BCUT2D eigenvalue weighted by atomic mass is 10.00. The summed E-state index contributed by atoms with van der Waals surface area (Å²) in [5, 5.41) is 12.8. The standard InChI is InChI=1S/C17H13ClO/c18-16-11-13(10-12-6-2-1-3-7-12)17(19)15-9-5-4-8-14(15)16/h1-9,11,19H,10H2. The second-order valence-corrected chi connectivity index (χ2v) is 4.98. The third-order valence-electron chi connectivity index (χ3n) is 3.28. The first-order valence-corrected chi connectivity index (χ1v) is 6.56. The average molecular weight is 269 g/mol. The van der Waals surface area contributed by atoms with E-state index < -0.39 is 0 Å². The molecule has 2 heteroatoms. The molecule has 0 spiro atoms. The lowest BCUT2D eigenvalue weighted by Gasteiger charge is -2.10. The van der Waals surface area contributed by atoms with E-state index in [2.05, 4.69) is 0 Å². The molecule has 0 bridgehead atoms. The van der Waals surface area contributed by atoms with Crippen LogP contribution in [0.2, 0.25) is 5.02 Å². The minimum absolute atomic E-state index is 0.323. The maximum absolute atomic E-state index is 10.4. The van der Waals surface area contributed by atoms with Crippen LogP contribution in [0.3, 0.4) is 0 Å². The van der Waals surface area contributed by atoms with Crippen LogP contribution >= 0.6 is 11.6 Å². The highest BCUT2D eigenvalue weighted by Crippen LogP contribution is 2.35. The minimum atomic E-state index is 0.323. The predicted molar refractivity (Wildman–Crippen MR) is 79.9 cm³/mol. The topological polar surface area (TPSA) is 20.2 Å². The monoisotopic (exact) mass is 268 g/mol. The van der Waals surface area contributed by atoms with Crippen LogP contribution in [0.25, 0.3) is 10.8 Å². The number of rotatable bonds is 2. The van der Waals surface area contributed by atoms with E-state index in [0.717, 1.165) is 21.9 Å². The summed E-state index contributed by atoms with van der Waals surface area (Å²) in [7, 11) is 0. The zero-order valence-electron chi connectivity index (χ0n) is 10.3. The van der Waals surface area contributed by atoms with Crippen LogP contribution in [0.4, 0.5) is 0 Å². The van der Waals surface area contributed by atoms with Crippen LogP contribution in [0.15, 0.2) is 60.7 Å². The molecule has 0 fully saturated rings. The summed E-state index contributed by atoms with van der Waals surface area (Å²) in [6, 6.07) is 19.6. The van der Waals surface area contributed by atoms with Crippen LogP contribution in [-0.4, -0.2) is 5.11 Å². The quantitative estimate of drug-likeness (QED) is 0.708. The number of fused-ring (bicyclic) bond motifs is 1. The Bertz CT molecular complexity index is 720. The predicted octanol–water partition coefficient (Wildman–Crippen LogP) is 4.79. The highest BCUT2D eigenvalue weighted by Gasteiger charge is 2.10. The summed E-state index contributed by atoms with van der Waals surface area (Å²) < 4.78 is 0. The van der Waals surface area contributed by atoms with Gasteiger partial charge >= 0.3 is 0 Å². The van der Waals surface area contributed by atoms with E-state index in [9.17, 15) is 5.11 Å². The Balaban J connectivity index is 2.12. The zero-order chi connectivity index (χ0) is 13.2. The fourth-order valence-electron chi connectivity index (χ4n) is 2.32. The Morgan fingerprint density at radius 1 is 0.842 bits per heavy atom. The lowest BCUT2D eigenvalue weighted by Crippen LogP contribution is -1.90. The Kier molecular flexibility index (Phi) is 3.14. The highest BCUT2D eigenvalue weighted by molar-refractivity contribution is 6.35. The van der Waals surface area contributed by atoms with Crippen molar-refractivity contribution in [1.82, 2.24) is 0 Å². The fraction of sp³-hybridized carbons (Fsp3) is 0.0588. The van der Waals surface area contributed by atoms with Crippen molar-refractivity contribution in [2.75, 3.05) is 0 Å². The van der Waals surface area contributed by atoms with Gasteiger partial charge in [-0.15, -0.1) is 0 Å². The summed E-state index contributed by atoms with van der Waals surface area (Å²) in [5.74, 6) is 0.323. The molecule has 3 aromatic carbocycles. The van der Waals surface area contributed by atoms with Gasteiger partial charge in [-0.1, -0.05) is 66.2 Å². The SMILES string of the molecule is Oc1c(Cc2ccccc2)cc(Cl)c2ccccc12. The molecule has 0 amide bonds. The molecule has 0 aliphatic rings. The van der Waals surface area contributed by atoms with Crippen molar-refractivity contribution in [1.29, 1.82) is 0 Å². The molecule has 0 aliphatic heterocycles. The van der Waals surface area contributed by atoms with E-state index in [1.165, 1.54) is 0 Å². The molecule has 0 saturated heterocycles. The van der Waals surface area contributed by atoms with Gasteiger partial charge in [0.25, 0.3) is 0 Å². The molecule has 0 aromatic heterocycles. The second kappa shape index (κ2) is 4.94. The van der Waals surface area contributed by atoms with Gasteiger partial charge in [-0.25, -0.2) is 0 Å². The number of phenolic OH excluding ortho intramolecular Hbond substituents is 1. The molecule has 94 valence electrons. The van der Waals surface area contributed by atoms with Gasteiger partial charge in [0.05, 0.1) is 0 Å². The van der Waals surface area contributed by atoms with E-state index in [0.29, 0.717) is 17.2 Å². The average Bonchev–Trinajstić information content (AvgIpc) is 2.46. The van der Waals surface area contributed by atoms with Crippen molar-refractivity contribution in [3.63, 3.8) is 0 Å². The molecule has 0 saturated carbocycles. The Morgan fingerprint density at radius 3 is 2.21 bits per heavy atom. The molecule has 0 atom stereocenters. The van der Waals surface area contributed by atoms with E-state index in [-0.39, 0.29) is 0 Å². The first-order valence-electron chi connectivity index (χ1n) is 6.19. The Labute approximate surface area is 117 Å². The lowest BCUT2D eigenvalue weighted by molar-refractivity contribution is 0.476. The zero-order valence-corrected chi connectivity index (χ0v) is 11.1. The van der Waals surface area contributed by atoms with E-state index >= 15 is 0 Å². The molecule has 3 rings (SSSR count). The van der Waals surface area contributed by atoms with Crippen LogP contribution in [0.1, 0.15) is 11.1 Å². The van der Waals surface area contributed by atoms with E-state index in [1.54, 1.807) is 0 Å². The third-order valence-corrected chi connectivity index (χ3v) is 3.59. The first kappa shape index (κ1) is 12.1. The van der Waals surface area contributed by atoms with Gasteiger partial charge in [-0.2, -0.15) is 0 Å². The van der Waals surface area contributed by atoms with Gasteiger partial charge < -0.3 is 5.11 Å².